The first-order valence-electron chi connectivity index (χ1n) is 11.4. The molecule has 3 heterocycles. The summed E-state index contributed by atoms with van der Waals surface area (Å²) in [6, 6.07) is 21.0. The quantitative estimate of drug-likeness (QED) is 0.417. The first-order chi connectivity index (χ1) is 16.9. The third kappa shape index (κ3) is 4.57. The molecular formula is C28H25N3O2S2. The molecule has 1 N–H and O–H groups in total. The fourth-order valence-electron chi connectivity index (χ4n) is 4.18. The van der Waals surface area contributed by atoms with Crippen LogP contribution in [0, 0.1) is 0 Å². The van der Waals surface area contributed by atoms with Crippen LogP contribution < -0.4 is 20.2 Å². The Kier molecular flexibility index (Phi) is 6.36. The highest BCUT2D eigenvalue weighted by molar-refractivity contribution is 7.10. The van der Waals surface area contributed by atoms with E-state index >= 15 is 0 Å². The van der Waals surface area contributed by atoms with Gasteiger partial charge in [-0.15, -0.1) is 11.3 Å². The van der Waals surface area contributed by atoms with E-state index < -0.39 is 6.04 Å². The molecule has 5 rings (SSSR count). The number of anilines is 1. The molecule has 0 bridgehead atoms. The molecule has 0 saturated carbocycles. The minimum atomic E-state index is -0.527. The number of rotatable bonds is 5. The summed E-state index contributed by atoms with van der Waals surface area (Å²) in [7, 11) is 0. The molecule has 1 unspecified atom stereocenters. The largest absolute Gasteiger partial charge is 0.322 e. The van der Waals surface area contributed by atoms with Crippen molar-refractivity contribution in [3.63, 3.8) is 0 Å². The van der Waals surface area contributed by atoms with Gasteiger partial charge in [0, 0.05) is 10.6 Å². The van der Waals surface area contributed by atoms with Crippen LogP contribution in [0.25, 0.3) is 6.08 Å². The number of carbonyl (C=O) groups excluding carboxylic acids is 1. The summed E-state index contributed by atoms with van der Waals surface area (Å²) >= 11 is 2.88. The summed E-state index contributed by atoms with van der Waals surface area (Å²) in [5, 5.41) is 4.94. The number of fused-ring (bicyclic) bond motifs is 1. The van der Waals surface area contributed by atoms with E-state index in [-0.39, 0.29) is 11.5 Å². The van der Waals surface area contributed by atoms with Gasteiger partial charge < -0.3 is 5.32 Å². The van der Waals surface area contributed by atoms with Crippen LogP contribution in [-0.4, -0.2) is 10.5 Å². The van der Waals surface area contributed by atoms with E-state index in [1.807, 2.05) is 73.0 Å². The van der Waals surface area contributed by atoms with E-state index in [2.05, 4.69) is 31.3 Å². The van der Waals surface area contributed by atoms with Crippen LogP contribution in [0.4, 0.5) is 5.69 Å². The maximum Gasteiger partial charge on any atom is 0.271 e. The molecule has 0 fully saturated rings. The Bertz CT molecular complexity index is 1580. The molecule has 0 spiro atoms. The highest BCUT2D eigenvalue weighted by Crippen LogP contribution is 2.33. The predicted molar refractivity (Wildman–Crippen MR) is 144 cm³/mol. The molecule has 1 aliphatic rings. The molecular weight excluding hydrogens is 474 g/mol. The van der Waals surface area contributed by atoms with Crippen LogP contribution in [0.5, 0.6) is 0 Å². The molecule has 35 heavy (non-hydrogen) atoms. The highest BCUT2D eigenvalue weighted by Gasteiger charge is 2.33. The molecule has 0 radical (unpaired) electrons. The van der Waals surface area contributed by atoms with Crippen LogP contribution in [0.2, 0.25) is 0 Å². The number of thiazole rings is 1. The number of para-hydroxylation sites is 1. The van der Waals surface area contributed by atoms with Gasteiger partial charge in [-0.2, -0.15) is 0 Å². The number of hydrogen-bond acceptors (Lipinski definition) is 5. The van der Waals surface area contributed by atoms with Gasteiger partial charge in [-0.3, -0.25) is 14.2 Å². The Balaban J connectivity index is 1.61. The second kappa shape index (κ2) is 9.60. The Morgan fingerprint density at radius 3 is 2.46 bits per heavy atom. The second-order valence-corrected chi connectivity index (χ2v) is 10.7. The lowest BCUT2D eigenvalue weighted by Gasteiger charge is -2.24. The maximum absolute atomic E-state index is 13.7. The fraction of sp³-hybridized carbons (Fsp3) is 0.179. The van der Waals surface area contributed by atoms with Crippen molar-refractivity contribution >= 4 is 40.3 Å². The van der Waals surface area contributed by atoms with Gasteiger partial charge in [0.25, 0.3) is 11.5 Å². The van der Waals surface area contributed by atoms with Crippen LogP contribution in [0.3, 0.4) is 0 Å². The molecule has 4 aromatic rings. The van der Waals surface area contributed by atoms with E-state index in [4.69, 9.17) is 4.99 Å². The lowest BCUT2D eigenvalue weighted by molar-refractivity contribution is -0.113. The van der Waals surface area contributed by atoms with Crippen molar-refractivity contribution in [3.05, 3.63) is 119 Å². The summed E-state index contributed by atoms with van der Waals surface area (Å²) in [6.07, 6.45) is 1.91. The van der Waals surface area contributed by atoms with Crippen molar-refractivity contribution in [2.75, 3.05) is 5.32 Å². The zero-order chi connectivity index (χ0) is 24.5. The molecule has 1 atom stereocenters. The second-order valence-electron chi connectivity index (χ2n) is 8.74. The lowest BCUT2D eigenvalue weighted by atomic mass is 10.0. The topological polar surface area (TPSA) is 63.5 Å². The van der Waals surface area contributed by atoms with E-state index in [0.717, 1.165) is 10.4 Å². The molecule has 5 nitrogen and oxygen atoms in total. The molecule has 2 aromatic carbocycles. The third-order valence-corrected chi connectivity index (χ3v) is 7.92. The van der Waals surface area contributed by atoms with Gasteiger partial charge in [-0.05, 0) is 53.6 Å². The Labute approximate surface area is 211 Å². The number of amides is 1. The zero-order valence-corrected chi connectivity index (χ0v) is 21.3. The van der Waals surface area contributed by atoms with Crippen LogP contribution in [0.1, 0.15) is 48.7 Å². The number of benzene rings is 2. The number of hydrogen-bond donors (Lipinski definition) is 1. The van der Waals surface area contributed by atoms with Crippen molar-refractivity contribution < 1.29 is 4.79 Å². The SMILES string of the molecule is CC1=C(C(=O)Nc2ccccc2)C(c2cccs2)n2c(s/c(=C\c3ccc(C(C)C)cc3)c2=O)=N1. The van der Waals surface area contributed by atoms with Gasteiger partial charge >= 0.3 is 0 Å². The summed E-state index contributed by atoms with van der Waals surface area (Å²) in [4.78, 5) is 33.3. The van der Waals surface area contributed by atoms with Gasteiger partial charge in [-0.25, -0.2) is 4.99 Å². The van der Waals surface area contributed by atoms with Crippen molar-refractivity contribution in [3.8, 4) is 0 Å². The van der Waals surface area contributed by atoms with Gasteiger partial charge in [0.15, 0.2) is 4.80 Å². The van der Waals surface area contributed by atoms with Gasteiger partial charge in [0.05, 0.1) is 15.8 Å². The number of aromatic nitrogens is 1. The summed E-state index contributed by atoms with van der Waals surface area (Å²) in [5.74, 6) is 0.193. The van der Waals surface area contributed by atoms with Crippen LogP contribution in [0.15, 0.2) is 93.2 Å². The first kappa shape index (κ1) is 23.2. The molecule has 0 aliphatic carbocycles. The standard InChI is InChI=1S/C28H25N3O2S2/c1-17(2)20-13-11-19(12-14-20)16-23-27(33)31-25(22-10-7-15-34-22)24(18(3)29-28(31)35-23)26(32)30-21-8-5-4-6-9-21/h4-17,25H,1-3H3,(H,30,32)/b23-16-. The molecule has 0 saturated heterocycles. The third-order valence-electron chi connectivity index (χ3n) is 6.01. The van der Waals surface area contributed by atoms with Crippen LogP contribution >= 0.6 is 22.7 Å². The molecule has 176 valence electrons. The summed E-state index contributed by atoms with van der Waals surface area (Å²) in [6.45, 7) is 6.15. The Morgan fingerprint density at radius 1 is 1.06 bits per heavy atom. The minimum absolute atomic E-state index is 0.141. The summed E-state index contributed by atoms with van der Waals surface area (Å²) in [5.41, 5.74) is 3.88. The monoisotopic (exact) mass is 499 g/mol. The normalized spacial score (nSPS) is 15.8. The molecule has 1 amide bonds. The Morgan fingerprint density at radius 2 is 1.80 bits per heavy atom. The van der Waals surface area contributed by atoms with E-state index in [0.29, 0.717) is 32.2 Å². The number of carbonyl (C=O) groups is 1. The van der Waals surface area contributed by atoms with Crippen molar-refractivity contribution in [1.29, 1.82) is 0 Å². The zero-order valence-electron chi connectivity index (χ0n) is 19.7. The smallest absolute Gasteiger partial charge is 0.271 e. The van der Waals surface area contributed by atoms with Gasteiger partial charge in [0.1, 0.15) is 6.04 Å². The number of nitrogens with one attached hydrogen (secondary N) is 1. The summed E-state index contributed by atoms with van der Waals surface area (Å²) < 4.78 is 2.26. The van der Waals surface area contributed by atoms with Crippen molar-refractivity contribution in [2.45, 2.75) is 32.7 Å². The average Bonchev–Trinajstić information content (AvgIpc) is 3.48. The molecule has 1 aliphatic heterocycles. The van der Waals surface area contributed by atoms with Crippen molar-refractivity contribution in [1.82, 2.24) is 4.57 Å². The Hall–Kier alpha value is -3.55. The van der Waals surface area contributed by atoms with E-state index in [1.165, 1.54) is 28.2 Å². The molecule has 2 aromatic heterocycles. The first-order valence-corrected chi connectivity index (χ1v) is 13.1. The number of thiophene rings is 1. The minimum Gasteiger partial charge on any atom is -0.322 e. The van der Waals surface area contributed by atoms with Crippen LogP contribution in [-0.2, 0) is 4.79 Å². The number of nitrogens with zero attached hydrogens (tertiary/aromatic N) is 2. The lowest BCUT2D eigenvalue weighted by Crippen LogP contribution is -2.40. The maximum atomic E-state index is 13.7. The average molecular weight is 500 g/mol. The molecule has 7 heteroatoms. The number of allylic oxidation sites excluding steroid dienone is 1. The van der Waals surface area contributed by atoms with Crippen molar-refractivity contribution in [2.24, 2.45) is 4.99 Å². The highest BCUT2D eigenvalue weighted by atomic mass is 32.1. The van der Waals surface area contributed by atoms with E-state index in [1.54, 1.807) is 4.57 Å². The van der Waals surface area contributed by atoms with Gasteiger partial charge in [-0.1, -0.05) is 73.7 Å². The predicted octanol–water partition coefficient (Wildman–Crippen LogP) is 5.06. The fourth-order valence-corrected chi connectivity index (χ4v) is 6.05. The van der Waals surface area contributed by atoms with E-state index in [9.17, 15) is 9.59 Å². The van der Waals surface area contributed by atoms with Gasteiger partial charge in [0.2, 0.25) is 0 Å².